The Morgan fingerprint density at radius 2 is 1.90 bits per heavy atom. The van der Waals surface area contributed by atoms with E-state index in [9.17, 15) is 15.0 Å². The molecule has 1 heterocycles. The van der Waals surface area contributed by atoms with Crippen molar-refractivity contribution in [1.82, 2.24) is 0 Å². The molecule has 1 saturated heterocycles. The number of hydrogen-bond donors (Lipinski definition) is 2. The van der Waals surface area contributed by atoms with Gasteiger partial charge in [0.2, 0.25) is 0 Å². The quantitative estimate of drug-likeness (QED) is 0.145. The molecule has 1 aliphatic rings. The van der Waals surface area contributed by atoms with Crippen molar-refractivity contribution in [3.05, 3.63) is 54.4 Å². The van der Waals surface area contributed by atoms with E-state index in [1.54, 1.807) is 38.1 Å². The van der Waals surface area contributed by atoms with Gasteiger partial charge >= 0.3 is 5.97 Å². The molecule has 3 unspecified atom stereocenters. The van der Waals surface area contributed by atoms with E-state index in [1.165, 1.54) is 13.2 Å². The fourth-order valence-electron chi connectivity index (χ4n) is 4.46. The topological polar surface area (TPSA) is 104 Å². The van der Waals surface area contributed by atoms with Crippen LogP contribution in [0.2, 0.25) is 0 Å². The van der Waals surface area contributed by atoms with E-state index < -0.39 is 36.3 Å². The molecule has 2 aromatic rings. The van der Waals surface area contributed by atoms with E-state index in [0.717, 1.165) is 19.3 Å². The SMILES string of the molecule is C=CC(O)CC(O)CC(=O)Oc1c(-c2ccccc2)c(OC)c(OCCOC2CCCCO2)c(F)c1C(C)C. The van der Waals surface area contributed by atoms with Gasteiger partial charge in [-0.2, -0.15) is 0 Å². The van der Waals surface area contributed by atoms with E-state index in [2.05, 4.69) is 6.58 Å². The van der Waals surface area contributed by atoms with Crippen LogP contribution in [0.1, 0.15) is 57.4 Å². The first-order valence-electron chi connectivity index (χ1n) is 13.3. The van der Waals surface area contributed by atoms with Gasteiger partial charge < -0.3 is 33.9 Å². The molecule has 39 heavy (non-hydrogen) atoms. The lowest BCUT2D eigenvalue weighted by Gasteiger charge is -2.25. The van der Waals surface area contributed by atoms with Crippen LogP contribution in [0.4, 0.5) is 4.39 Å². The molecule has 2 N–H and O–H groups in total. The van der Waals surface area contributed by atoms with Crippen molar-refractivity contribution in [2.24, 2.45) is 0 Å². The van der Waals surface area contributed by atoms with Gasteiger partial charge in [-0.1, -0.05) is 50.3 Å². The van der Waals surface area contributed by atoms with Crippen LogP contribution in [0, 0.1) is 5.82 Å². The number of hydrogen-bond acceptors (Lipinski definition) is 8. The van der Waals surface area contributed by atoms with Crippen molar-refractivity contribution in [2.75, 3.05) is 26.9 Å². The molecule has 0 aromatic heterocycles. The molecule has 0 amide bonds. The Morgan fingerprint density at radius 1 is 1.15 bits per heavy atom. The standard InChI is InChI=1S/C30H39FO8/c1-5-21(32)17-22(33)18-23(34)39-28-25(19(2)3)27(31)30(38-16-15-37-24-13-9-10-14-36-24)29(35-4)26(28)20-11-7-6-8-12-20/h5-8,11-12,19,21-22,24,32-33H,1,9-10,13-18H2,2-4H3. The van der Waals surface area contributed by atoms with Crippen LogP contribution in [0.25, 0.3) is 11.1 Å². The smallest absolute Gasteiger partial charge is 0.313 e. The number of rotatable bonds is 14. The van der Waals surface area contributed by atoms with Crippen LogP contribution in [-0.2, 0) is 14.3 Å². The van der Waals surface area contributed by atoms with Gasteiger partial charge in [-0.15, -0.1) is 6.58 Å². The highest BCUT2D eigenvalue weighted by Gasteiger charge is 2.31. The third-order valence-electron chi connectivity index (χ3n) is 6.36. The average Bonchev–Trinajstić information content (AvgIpc) is 2.92. The lowest BCUT2D eigenvalue weighted by atomic mass is 9.93. The summed E-state index contributed by atoms with van der Waals surface area (Å²) in [4.78, 5) is 12.9. The van der Waals surface area contributed by atoms with Gasteiger partial charge in [0.15, 0.2) is 23.6 Å². The number of aliphatic hydroxyl groups excluding tert-OH is 2. The number of carbonyl (C=O) groups excluding carboxylic acids is 1. The monoisotopic (exact) mass is 546 g/mol. The lowest BCUT2D eigenvalue weighted by Crippen LogP contribution is -2.24. The second-order valence-electron chi connectivity index (χ2n) is 9.70. The minimum atomic E-state index is -1.17. The zero-order chi connectivity index (χ0) is 28.4. The number of halogens is 1. The van der Waals surface area contributed by atoms with Crippen molar-refractivity contribution in [1.29, 1.82) is 0 Å². The first kappa shape index (κ1) is 30.6. The van der Waals surface area contributed by atoms with Gasteiger partial charge in [-0.25, -0.2) is 4.39 Å². The Morgan fingerprint density at radius 3 is 2.51 bits per heavy atom. The summed E-state index contributed by atoms with van der Waals surface area (Å²) in [5, 5.41) is 19.9. The van der Waals surface area contributed by atoms with E-state index in [1.807, 2.05) is 6.07 Å². The van der Waals surface area contributed by atoms with E-state index in [4.69, 9.17) is 23.7 Å². The number of methoxy groups -OCH3 is 1. The molecular weight excluding hydrogens is 507 g/mol. The Balaban J connectivity index is 1.97. The first-order chi connectivity index (χ1) is 18.8. The summed E-state index contributed by atoms with van der Waals surface area (Å²) in [5.74, 6) is -1.94. The van der Waals surface area contributed by atoms with Crippen LogP contribution < -0.4 is 14.2 Å². The van der Waals surface area contributed by atoms with Gasteiger partial charge in [-0.3, -0.25) is 4.79 Å². The van der Waals surface area contributed by atoms with Gasteiger partial charge in [0.1, 0.15) is 12.4 Å². The zero-order valence-electron chi connectivity index (χ0n) is 22.9. The molecule has 0 aliphatic carbocycles. The molecule has 0 radical (unpaired) electrons. The molecule has 0 spiro atoms. The van der Waals surface area contributed by atoms with Gasteiger partial charge in [0, 0.05) is 18.6 Å². The normalized spacial score (nSPS) is 16.9. The highest BCUT2D eigenvalue weighted by molar-refractivity contribution is 5.85. The van der Waals surface area contributed by atoms with Crippen molar-refractivity contribution in [2.45, 2.75) is 70.4 Å². The van der Waals surface area contributed by atoms with Crippen molar-refractivity contribution in [3.8, 4) is 28.4 Å². The Kier molecular flexibility index (Phi) is 11.7. The van der Waals surface area contributed by atoms with Gasteiger partial charge in [0.25, 0.3) is 0 Å². The van der Waals surface area contributed by atoms with Crippen LogP contribution in [0.3, 0.4) is 0 Å². The maximum Gasteiger partial charge on any atom is 0.313 e. The summed E-state index contributed by atoms with van der Waals surface area (Å²) in [6.45, 7) is 7.91. The van der Waals surface area contributed by atoms with Crippen LogP contribution in [-0.4, -0.2) is 61.6 Å². The Hall–Kier alpha value is -2.98. The summed E-state index contributed by atoms with van der Waals surface area (Å²) >= 11 is 0. The molecule has 1 fully saturated rings. The minimum Gasteiger partial charge on any atom is -0.492 e. The highest BCUT2D eigenvalue weighted by Crippen LogP contribution is 2.51. The van der Waals surface area contributed by atoms with E-state index in [-0.39, 0.29) is 48.7 Å². The average molecular weight is 547 g/mol. The molecular formula is C30H39FO8. The Bertz CT molecular complexity index is 1080. The highest BCUT2D eigenvalue weighted by atomic mass is 19.1. The largest absolute Gasteiger partial charge is 0.492 e. The molecule has 1 aliphatic heterocycles. The van der Waals surface area contributed by atoms with Gasteiger partial charge in [-0.05, 0) is 30.7 Å². The third kappa shape index (κ3) is 8.25. The molecule has 3 rings (SSSR count). The number of esters is 1. The maximum atomic E-state index is 16.1. The van der Waals surface area contributed by atoms with Crippen LogP contribution in [0.5, 0.6) is 17.2 Å². The number of ether oxygens (including phenoxy) is 5. The molecule has 214 valence electrons. The van der Waals surface area contributed by atoms with Crippen LogP contribution >= 0.6 is 0 Å². The molecule has 2 aromatic carbocycles. The predicted octanol–water partition coefficient (Wildman–Crippen LogP) is 5.14. The van der Waals surface area contributed by atoms with Crippen molar-refractivity contribution in [3.63, 3.8) is 0 Å². The summed E-state index contributed by atoms with van der Waals surface area (Å²) in [7, 11) is 1.39. The van der Waals surface area contributed by atoms with E-state index in [0.29, 0.717) is 17.7 Å². The minimum absolute atomic E-state index is 0.00813. The first-order valence-corrected chi connectivity index (χ1v) is 13.3. The lowest BCUT2D eigenvalue weighted by molar-refractivity contribution is -0.165. The fourth-order valence-corrected chi connectivity index (χ4v) is 4.46. The summed E-state index contributed by atoms with van der Waals surface area (Å²) in [6, 6.07) is 9.02. The van der Waals surface area contributed by atoms with Crippen molar-refractivity contribution < 1.29 is 43.1 Å². The molecule has 0 bridgehead atoms. The maximum absolute atomic E-state index is 16.1. The molecule has 9 heteroatoms. The fraction of sp³-hybridized carbons (Fsp3) is 0.500. The van der Waals surface area contributed by atoms with Crippen molar-refractivity contribution >= 4 is 5.97 Å². The summed E-state index contributed by atoms with van der Waals surface area (Å²) in [6.07, 6.45) is 1.17. The predicted molar refractivity (Wildman–Crippen MR) is 145 cm³/mol. The molecule has 8 nitrogen and oxygen atoms in total. The second-order valence-corrected chi connectivity index (χ2v) is 9.70. The summed E-state index contributed by atoms with van der Waals surface area (Å²) in [5.41, 5.74) is 1.11. The number of carbonyl (C=O) groups is 1. The number of aliphatic hydroxyl groups is 2. The van der Waals surface area contributed by atoms with E-state index >= 15 is 4.39 Å². The zero-order valence-corrected chi connectivity index (χ0v) is 22.9. The van der Waals surface area contributed by atoms with Crippen LogP contribution in [0.15, 0.2) is 43.0 Å². The summed E-state index contributed by atoms with van der Waals surface area (Å²) < 4.78 is 44.7. The van der Waals surface area contributed by atoms with Gasteiger partial charge in [0.05, 0.1) is 37.9 Å². The number of benzene rings is 2. The third-order valence-corrected chi connectivity index (χ3v) is 6.36. The molecule has 3 atom stereocenters. The molecule has 0 saturated carbocycles. The second kappa shape index (κ2) is 15.0. The Labute approximate surface area is 229 Å².